The summed E-state index contributed by atoms with van der Waals surface area (Å²) >= 11 is 11.8. The van der Waals surface area contributed by atoms with Crippen molar-refractivity contribution in [3.63, 3.8) is 0 Å². The van der Waals surface area contributed by atoms with Crippen LogP contribution in [0.1, 0.15) is 23.7 Å². The monoisotopic (exact) mass is 393 g/mol. The molecule has 136 valence electrons. The van der Waals surface area contributed by atoms with Gasteiger partial charge >= 0.3 is 0 Å². The summed E-state index contributed by atoms with van der Waals surface area (Å²) in [6, 6.07) is 11.5. The van der Waals surface area contributed by atoms with Crippen LogP contribution in [-0.4, -0.2) is 24.6 Å². The number of ether oxygens (including phenoxy) is 1. The Bertz CT molecular complexity index is 833. The van der Waals surface area contributed by atoms with E-state index in [-0.39, 0.29) is 12.3 Å². The average Bonchev–Trinajstić information content (AvgIpc) is 2.58. The quantitative estimate of drug-likeness (QED) is 0.571. The second-order valence-corrected chi connectivity index (χ2v) is 6.24. The minimum absolute atomic E-state index is 0.00363. The van der Waals surface area contributed by atoms with Gasteiger partial charge in [-0.15, -0.1) is 0 Å². The van der Waals surface area contributed by atoms with Gasteiger partial charge in [0, 0.05) is 21.4 Å². The molecule has 0 radical (unpaired) electrons. The number of anilines is 1. The van der Waals surface area contributed by atoms with Gasteiger partial charge in [0.2, 0.25) is 5.91 Å². The van der Waals surface area contributed by atoms with Gasteiger partial charge in [0.05, 0.1) is 19.1 Å². The number of carbonyl (C=O) groups excluding carboxylic acids is 2. The predicted octanol–water partition coefficient (Wildman–Crippen LogP) is 4.14. The van der Waals surface area contributed by atoms with Crippen molar-refractivity contribution < 1.29 is 14.3 Å². The summed E-state index contributed by atoms with van der Waals surface area (Å²) in [4.78, 5) is 24.2. The molecule has 0 fully saturated rings. The molecule has 0 bridgehead atoms. The van der Waals surface area contributed by atoms with E-state index >= 15 is 0 Å². The number of hydrogen-bond acceptors (Lipinski definition) is 4. The second kappa shape index (κ2) is 9.22. The summed E-state index contributed by atoms with van der Waals surface area (Å²) in [5, 5.41) is 7.45. The van der Waals surface area contributed by atoms with Gasteiger partial charge in [-0.25, -0.2) is 5.43 Å². The molecular formula is C18H17Cl2N3O3. The fourth-order valence-corrected chi connectivity index (χ4v) is 2.67. The van der Waals surface area contributed by atoms with Crippen LogP contribution in [0.4, 0.5) is 5.69 Å². The molecule has 26 heavy (non-hydrogen) atoms. The van der Waals surface area contributed by atoms with Gasteiger partial charge in [0.25, 0.3) is 5.91 Å². The van der Waals surface area contributed by atoms with Crippen LogP contribution in [0.2, 0.25) is 10.0 Å². The van der Waals surface area contributed by atoms with E-state index in [1.54, 1.807) is 49.4 Å². The Labute approximate surface area is 161 Å². The number of nitrogens with zero attached hydrogens (tertiary/aromatic N) is 1. The van der Waals surface area contributed by atoms with Crippen molar-refractivity contribution in [2.24, 2.45) is 5.10 Å². The van der Waals surface area contributed by atoms with E-state index in [1.165, 1.54) is 7.11 Å². The van der Waals surface area contributed by atoms with Crippen LogP contribution in [-0.2, 0) is 4.79 Å². The van der Waals surface area contributed by atoms with Crippen molar-refractivity contribution in [2.45, 2.75) is 13.3 Å². The lowest BCUT2D eigenvalue weighted by atomic mass is 10.2. The number of methoxy groups -OCH3 is 1. The molecule has 0 aliphatic rings. The summed E-state index contributed by atoms with van der Waals surface area (Å²) in [6.07, 6.45) is -0.00363. The summed E-state index contributed by atoms with van der Waals surface area (Å²) in [5.74, 6) is -0.298. The minimum atomic E-state index is -0.427. The highest BCUT2D eigenvalue weighted by atomic mass is 35.5. The molecule has 2 aromatic carbocycles. The molecule has 6 nitrogen and oxygen atoms in total. The SMILES string of the molecule is COc1ccccc1C(=O)N/N=C(\C)CC(=O)Nc1cc(Cl)cc(Cl)c1. The molecule has 0 aliphatic carbocycles. The van der Waals surface area contributed by atoms with E-state index in [2.05, 4.69) is 15.8 Å². The second-order valence-electron chi connectivity index (χ2n) is 5.37. The Balaban J connectivity index is 1.95. The number of halogens is 2. The van der Waals surface area contributed by atoms with Crippen LogP contribution in [0.3, 0.4) is 0 Å². The van der Waals surface area contributed by atoms with Crippen molar-refractivity contribution in [1.82, 2.24) is 5.43 Å². The number of hydrogen-bond donors (Lipinski definition) is 2. The highest BCUT2D eigenvalue weighted by Gasteiger charge is 2.11. The average molecular weight is 394 g/mol. The fraction of sp³-hybridized carbons (Fsp3) is 0.167. The number of amides is 2. The molecule has 2 aromatic rings. The number of rotatable bonds is 6. The van der Waals surface area contributed by atoms with Gasteiger partial charge in [-0.3, -0.25) is 9.59 Å². The van der Waals surface area contributed by atoms with Gasteiger partial charge in [0.15, 0.2) is 0 Å². The molecule has 0 spiro atoms. The van der Waals surface area contributed by atoms with Gasteiger partial charge in [-0.2, -0.15) is 5.10 Å². The molecule has 0 aromatic heterocycles. The Hall–Kier alpha value is -2.57. The van der Waals surface area contributed by atoms with E-state index in [0.717, 1.165) is 0 Å². The first-order valence-electron chi connectivity index (χ1n) is 7.61. The van der Waals surface area contributed by atoms with Crippen molar-refractivity contribution >= 4 is 46.4 Å². The Morgan fingerprint density at radius 2 is 1.77 bits per heavy atom. The van der Waals surface area contributed by atoms with E-state index in [0.29, 0.717) is 32.8 Å². The maximum atomic E-state index is 12.2. The summed E-state index contributed by atoms with van der Waals surface area (Å²) in [7, 11) is 1.48. The van der Waals surface area contributed by atoms with Crippen LogP contribution >= 0.6 is 23.2 Å². The molecule has 0 saturated carbocycles. The highest BCUT2D eigenvalue weighted by molar-refractivity contribution is 6.35. The molecule has 8 heteroatoms. The molecule has 0 heterocycles. The van der Waals surface area contributed by atoms with E-state index in [4.69, 9.17) is 27.9 Å². The Kier molecular flexibility index (Phi) is 7.00. The lowest BCUT2D eigenvalue weighted by Crippen LogP contribution is -2.22. The van der Waals surface area contributed by atoms with Crippen LogP contribution < -0.4 is 15.5 Å². The molecule has 2 N–H and O–H groups in total. The Morgan fingerprint density at radius 1 is 1.12 bits per heavy atom. The van der Waals surface area contributed by atoms with Crippen molar-refractivity contribution in [3.8, 4) is 5.75 Å². The van der Waals surface area contributed by atoms with Crippen LogP contribution in [0.15, 0.2) is 47.6 Å². The molecule has 0 atom stereocenters. The molecule has 2 rings (SSSR count). The zero-order chi connectivity index (χ0) is 19.1. The van der Waals surface area contributed by atoms with Crippen LogP contribution in [0, 0.1) is 0 Å². The summed E-state index contributed by atoms with van der Waals surface area (Å²) in [6.45, 7) is 1.63. The Morgan fingerprint density at radius 3 is 2.42 bits per heavy atom. The van der Waals surface area contributed by atoms with E-state index in [9.17, 15) is 9.59 Å². The number of para-hydroxylation sites is 1. The van der Waals surface area contributed by atoms with E-state index < -0.39 is 5.91 Å². The summed E-state index contributed by atoms with van der Waals surface area (Å²) in [5.41, 5.74) is 3.67. The zero-order valence-corrected chi connectivity index (χ0v) is 15.7. The molecule has 0 unspecified atom stereocenters. The maximum absolute atomic E-state index is 12.2. The third-order valence-electron chi connectivity index (χ3n) is 3.26. The topological polar surface area (TPSA) is 79.8 Å². The molecule has 2 amide bonds. The predicted molar refractivity (Wildman–Crippen MR) is 103 cm³/mol. The maximum Gasteiger partial charge on any atom is 0.275 e. The van der Waals surface area contributed by atoms with Crippen LogP contribution in [0.5, 0.6) is 5.75 Å². The third kappa shape index (κ3) is 5.75. The van der Waals surface area contributed by atoms with Crippen molar-refractivity contribution in [3.05, 3.63) is 58.1 Å². The van der Waals surface area contributed by atoms with E-state index in [1.807, 2.05) is 0 Å². The van der Waals surface area contributed by atoms with Crippen LogP contribution in [0.25, 0.3) is 0 Å². The lowest BCUT2D eigenvalue weighted by Gasteiger charge is -2.08. The molecule has 0 saturated heterocycles. The minimum Gasteiger partial charge on any atom is -0.496 e. The zero-order valence-electron chi connectivity index (χ0n) is 14.2. The largest absolute Gasteiger partial charge is 0.496 e. The van der Waals surface area contributed by atoms with Gasteiger partial charge in [-0.1, -0.05) is 35.3 Å². The first kappa shape index (κ1) is 19.8. The van der Waals surface area contributed by atoms with Crippen molar-refractivity contribution in [2.75, 3.05) is 12.4 Å². The first-order chi connectivity index (χ1) is 12.4. The fourth-order valence-electron chi connectivity index (χ4n) is 2.14. The van der Waals surface area contributed by atoms with Crippen molar-refractivity contribution in [1.29, 1.82) is 0 Å². The standard InChI is InChI=1S/C18H17Cl2N3O3/c1-11(7-17(24)21-14-9-12(19)8-13(20)10-14)22-23-18(25)15-5-3-4-6-16(15)26-2/h3-6,8-10H,7H2,1-2H3,(H,21,24)(H,23,25)/b22-11+. The number of carbonyl (C=O) groups is 2. The third-order valence-corrected chi connectivity index (χ3v) is 3.70. The van der Waals surface area contributed by atoms with Gasteiger partial charge in [-0.05, 0) is 37.3 Å². The molecule has 0 aliphatic heterocycles. The highest BCUT2D eigenvalue weighted by Crippen LogP contribution is 2.22. The number of nitrogens with one attached hydrogen (secondary N) is 2. The lowest BCUT2D eigenvalue weighted by molar-refractivity contribution is -0.115. The normalized spacial score (nSPS) is 11.0. The summed E-state index contributed by atoms with van der Waals surface area (Å²) < 4.78 is 5.13. The molecular weight excluding hydrogens is 377 g/mol. The smallest absolute Gasteiger partial charge is 0.275 e. The first-order valence-corrected chi connectivity index (χ1v) is 8.37. The van der Waals surface area contributed by atoms with Gasteiger partial charge < -0.3 is 10.1 Å². The number of benzene rings is 2. The number of hydrazone groups is 1. The van der Waals surface area contributed by atoms with Gasteiger partial charge in [0.1, 0.15) is 5.75 Å².